The summed E-state index contributed by atoms with van der Waals surface area (Å²) in [6.07, 6.45) is 0. The van der Waals surface area contributed by atoms with E-state index >= 15 is 0 Å². The third kappa shape index (κ3) is 3.09. The van der Waals surface area contributed by atoms with E-state index in [2.05, 4.69) is 86.6 Å². The zero-order chi connectivity index (χ0) is 15.1. The fourth-order valence-electron chi connectivity index (χ4n) is 3.27. The molecule has 24 heavy (non-hydrogen) atoms. The van der Waals surface area contributed by atoms with Gasteiger partial charge in [0.1, 0.15) is 0 Å². The molecule has 4 aromatic carbocycles. The van der Waals surface area contributed by atoms with E-state index < -0.39 is 0 Å². The monoisotopic (exact) mass is 294 g/mol. The molecular weight excluding hydrogens is 278 g/mol. The van der Waals surface area contributed by atoms with Crippen LogP contribution in [0.1, 0.15) is 11.1 Å². The maximum absolute atomic E-state index is 3.42. The Hall–Kier alpha value is -1.41. The van der Waals surface area contributed by atoms with Crippen molar-refractivity contribution in [2.75, 3.05) is 0 Å². The van der Waals surface area contributed by atoms with Crippen LogP contribution in [-0.2, 0) is 0 Å². The fourth-order valence-corrected chi connectivity index (χ4v) is 3.27. The molecule has 0 aliphatic rings. The molecule has 0 atom stereocenters. The van der Waals surface area contributed by atoms with E-state index in [1.807, 2.05) is 0 Å². The average molecular weight is 294 g/mol. The van der Waals surface area contributed by atoms with Crippen molar-refractivity contribution in [3.05, 3.63) is 83.9 Å². The molecule has 0 bridgehead atoms. The summed E-state index contributed by atoms with van der Waals surface area (Å²) < 4.78 is 0. The zero-order valence-corrected chi connectivity index (χ0v) is 14.8. The SMILES string of the molecule is Cc1[c-]cc2ccccc2c1-c1c(C)[c-]cc2ccccc12.[Li+].[Li+]. The van der Waals surface area contributed by atoms with Gasteiger partial charge < -0.3 is 0 Å². The van der Waals surface area contributed by atoms with E-state index in [0.717, 1.165) is 0 Å². The predicted octanol–water partition coefficient (Wildman–Crippen LogP) is -0.115. The fraction of sp³-hybridized carbons (Fsp3) is 0.0909. The van der Waals surface area contributed by atoms with Crippen LogP contribution >= 0.6 is 0 Å². The van der Waals surface area contributed by atoms with E-state index in [1.54, 1.807) is 0 Å². The molecule has 0 saturated carbocycles. The number of aryl methyl sites for hydroxylation is 2. The van der Waals surface area contributed by atoms with Gasteiger partial charge in [-0.05, 0) is 0 Å². The molecule has 0 radical (unpaired) electrons. The van der Waals surface area contributed by atoms with Gasteiger partial charge in [0, 0.05) is 0 Å². The van der Waals surface area contributed by atoms with E-state index in [0.29, 0.717) is 0 Å². The molecule has 0 N–H and O–H groups in total. The van der Waals surface area contributed by atoms with Gasteiger partial charge in [-0.25, -0.2) is 0 Å². The van der Waals surface area contributed by atoms with Crippen LogP contribution in [0.25, 0.3) is 32.7 Å². The molecule has 0 amide bonds. The maximum Gasteiger partial charge on any atom is 1.00 e. The molecule has 0 fully saturated rings. The van der Waals surface area contributed by atoms with Crippen LogP contribution in [0.3, 0.4) is 0 Å². The minimum Gasteiger partial charge on any atom is -0.180 e. The third-order valence-electron chi connectivity index (χ3n) is 4.35. The Balaban J connectivity index is 0.00000104. The van der Waals surface area contributed by atoms with Crippen molar-refractivity contribution in [3.8, 4) is 11.1 Å². The largest absolute Gasteiger partial charge is 1.00 e. The third-order valence-corrected chi connectivity index (χ3v) is 4.35. The summed E-state index contributed by atoms with van der Waals surface area (Å²) in [5.41, 5.74) is 4.94. The van der Waals surface area contributed by atoms with Crippen LogP contribution in [0.5, 0.6) is 0 Å². The van der Waals surface area contributed by atoms with Gasteiger partial charge in [-0.15, -0.1) is 33.7 Å². The minimum atomic E-state index is 0. The molecule has 4 aromatic rings. The van der Waals surface area contributed by atoms with Gasteiger partial charge in [0.2, 0.25) is 0 Å². The summed E-state index contributed by atoms with van der Waals surface area (Å²) in [6.45, 7) is 4.28. The van der Waals surface area contributed by atoms with Gasteiger partial charge >= 0.3 is 37.7 Å². The number of hydrogen-bond acceptors (Lipinski definition) is 0. The smallest absolute Gasteiger partial charge is 0.180 e. The normalized spacial score (nSPS) is 10.2. The van der Waals surface area contributed by atoms with Crippen molar-refractivity contribution in [2.24, 2.45) is 0 Å². The first-order valence-corrected chi connectivity index (χ1v) is 7.56. The van der Waals surface area contributed by atoms with Crippen LogP contribution in [-0.4, -0.2) is 0 Å². The number of hydrogen-bond donors (Lipinski definition) is 0. The first-order valence-electron chi connectivity index (χ1n) is 7.56. The van der Waals surface area contributed by atoms with Crippen LogP contribution in [0, 0.1) is 26.0 Å². The Morgan fingerprint density at radius 1 is 0.583 bits per heavy atom. The Bertz CT molecular complexity index is 920. The maximum atomic E-state index is 3.42. The van der Waals surface area contributed by atoms with Gasteiger partial charge in [0.25, 0.3) is 0 Å². The van der Waals surface area contributed by atoms with E-state index in [-0.39, 0.29) is 37.7 Å². The van der Waals surface area contributed by atoms with Crippen molar-refractivity contribution in [2.45, 2.75) is 13.8 Å². The summed E-state index contributed by atoms with van der Waals surface area (Å²) in [6, 6.07) is 28.1. The Morgan fingerprint density at radius 3 is 1.38 bits per heavy atom. The molecule has 0 heterocycles. The molecule has 0 unspecified atom stereocenters. The molecule has 4 rings (SSSR count). The van der Waals surface area contributed by atoms with Gasteiger partial charge in [-0.1, -0.05) is 50.2 Å². The number of benzene rings is 4. The molecule has 0 nitrogen and oxygen atoms in total. The van der Waals surface area contributed by atoms with E-state index in [4.69, 9.17) is 0 Å². The van der Waals surface area contributed by atoms with Gasteiger partial charge in [0.05, 0.1) is 0 Å². The first kappa shape index (κ1) is 18.9. The number of rotatable bonds is 1. The van der Waals surface area contributed by atoms with E-state index in [1.165, 1.54) is 43.8 Å². The van der Waals surface area contributed by atoms with Gasteiger partial charge in [-0.3, -0.25) is 0 Å². The summed E-state index contributed by atoms with van der Waals surface area (Å²) in [5.74, 6) is 0. The van der Waals surface area contributed by atoms with Crippen LogP contribution in [0.15, 0.2) is 60.7 Å². The summed E-state index contributed by atoms with van der Waals surface area (Å²) in [5, 5.41) is 5.03. The molecule has 0 aromatic heterocycles. The molecule has 106 valence electrons. The van der Waals surface area contributed by atoms with Gasteiger partial charge in [-0.2, -0.15) is 46.5 Å². The summed E-state index contributed by atoms with van der Waals surface area (Å²) >= 11 is 0. The van der Waals surface area contributed by atoms with Crippen molar-refractivity contribution in [3.63, 3.8) is 0 Å². The second kappa shape index (κ2) is 7.65. The summed E-state index contributed by atoms with van der Waals surface area (Å²) in [4.78, 5) is 0. The first-order chi connectivity index (χ1) is 10.8. The van der Waals surface area contributed by atoms with Crippen molar-refractivity contribution >= 4 is 21.5 Å². The molecule has 0 spiro atoms. The van der Waals surface area contributed by atoms with E-state index in [9.17, 15) is 0 Å². The second-order valence-electron chi connectivity index (χ2n) is 5.75. The zero-order valence-electron chi connectivity index (χ0n) is 14.8. The van der Waals surface area contributed by atoms with Gasteiger partial charge in [0.15, 0.2) is 0 Å². The van der Waals surface area contributed by atoms with Crippen LogP contribution in [0.2, 0.25) is 0 Å². The standard InChI is InChI=1S/C22H16.2Li/c1-15-11-13-17-7-3-5-9-19(17)21(15)22-16(2)12-14-18-8-4-6-10-20(18)22;;/h3-10,13-14H,1-2H3;;/q-2;2*+1. The quantitative estimate of drug-likeness (QED) is 0.339. The van der Waals surface area contributed by atoms with Crippen molar-refractivity contribution < 1.29 is 37.7 Å². The summed E-state index contributed by atoms with van der Waals surface area (Å²) in [7, 11) is 0. The van der Waals surface area contributed by atoms with Crippen LogP contribution < -0.4 is 37.7 Å². The molecule has 2 heteroatoms. The van der Waals surface area contributed by atoms with Crippen molar-refractivity contribution in [1.29, 1.82) is 0 Å². The molecule has 0 saturated heterocycles. The second-order valence-corrected chi connectivity index (χ2v) is 5.75. The number of fused-ring (bicyclic) bond motifs is 2. The molecular formula is C22H16Li2. The average Bonchev–Trinajstić information content (AvgIpc) is 2.56. The minimum absolute atomic E-state index is 0. The predicted molar refractivity (Wildman–Crippen MR) is 94.0 cm³/mol. The Kier molecular flexibility index (Phi) is 6.04. The molecule has 0 aliphatic heterocycles. The Morgan fingerprint density at radius 2 is 0.958 bits per heavy atom. The van der Waals surface area contributed by atoms with Crippen molar-refractivity contribution in [1.82, 2.24) is 0 Å². The molecule has 0 aliphatic carbocycles. The Labute approximate surface area is 167 Å². The van der Waals surface area contributed by atoms with Crippen LogP contribution in [0.4, 0.5) is 0 Å². The topological polar surface area (TPSA) is 0 Å².